The van der Waals surface area contributed by atoms with Gasteiger partial charge in [-0.25, -0.2) is 0 Å². The molecule has 0 fully saturated rings. The number of hydrogen-bond acceptors (Lipinski definition) is 0. The van der Waals surface area contributed by atoms with Crippen molar-refractivity contribution in [2.24, 2.45) is 0 Å². The van der Waals surface area contributed by atoms with E-state index in [9.17, 15) is 0 Å². The molecule has 3 nitrogen and oxygen atoms in total. The van der Waals surface area contributed by atoms with Crippen LogP contribution in [0, 0.1) is 0 Å². The molecule has 214 valence electrons. The number of para-hydroxylation sites is 3. The Morgan fingerprint density at radius 1 is 0.378 bits per heavy atom. The molecule has 0 unspecified atom stereocenters. The van der Waals surface area contributed by atoms with E-state index in [4.69, 9.17) is 0 Å². The molecule has 2 N–H and O–H groups in total. The van der Waals surface area contributed by atoms with E-state index in [2.05, 4.69) is 166 Å². The van der Waals surface area contributed by atoms with Crippen LogP contribution in [0.3, 0.4) is 0 Å². The first kappa shape index (κ1) is 24.4. The highest BCUT2D eigenvalue weighted by molar-refractivity contribution is 6.32. The van der Waals surface area contributed by atoms with Crippen LogP contribution >= 0.6 is 0 Å². The Hall–Kier alpha value is -6.06. The number of aromatic amines is 2. The molecule has 0 saturated carbocycles. The van der Waals surface area contributed by atoms with E-state index in [1.165, 1.54) is 82.3 Å². The van der Waals surface area contributed by atoms with Crippen molar-refractivity contribution in [1.82, 2.24) is 14.5 Å². The van der Waals surface area contributed by atoms with E-state index in [0.717, 1.165) is 11.0 Å². The predicted octanol–water partition coefficient (Wildman–Crippen LogP) is 11.9. The molecule has 7 aromatic carbocycles. The zero-order chi connectivity index (χ0) is 29.5. The van der Waals surface area contributed by atoms with Gasteiger partial charge < -0.3 is 14.5 Å². The van der Waals surface area contributed by atoms with Crippen LogP contribution in [0.4, 0.5) is 0 Å². The Kier molecular flexibility index (Phi) is 5.00. The van der Waals surface area contributed by atoms with Gasteiger partial charge in [0.1, 0.15) is 0 Å². The zero-order valence-corrected chi connectivity index (χ0v) is 24.4. The van der Waals surface area contributed by atoms with E-state index in [0.29, 0.717) is 0 Å². The SMILES string of the molecule is [HH].[HH].c1ccc(-c2cccc(-c3ccccc3)c2-n2c3ccc4c5ccccc5[nH]c4c3c3c4[nH]c5ccccc5c4ccc32)cc1. The summed E-state index contributed by atoms with van der Waals surface area (Å²) in [4.78, 5) is 7.68. The van der Waals surface area contributed by atoms with Crippen LogP contribution in [0.2, 0.25) is 0 Å². The molecule has 10 rings (SSSR count). The number of hydrogen-bond donors (Lipinski definition) is 2. The maximum atomic E-state index is 3.84. The molecule has 0 radical (unpaired) electrons. The number of nitrogens with zero attached hydrogens (tertiary/aromatic N) is 1. The quantitative estimate of drug-likeness (QED) is 0.210. The van der Waals surface area contributed by atoms with Crippen LogP contribution in [-0.4, -0.2) is 14.5 Å². The second kappa shape index (κ2) is 9.22. The monoisotopic (exact) mass is 577 g/mol. The third kappa shape index (κ3) is 3.41. The summed E-state index contributed by atoms with van der Waals surface area (Å²) in [6.07, 6.45) is 0. The number of benzene rings is 7. The predicted molar refractivity (Wildman–Crippen MR) is 195 cm³/mol. The fraction of sp³-hybridized carbons (Fsp3) is 0. The first-order valence-corrected chi connectivity index (χ1v) is 15.5. The summed E-state index contributed by atoms with van der Waals surface area (Å²) in [7, 11) is 0. The Balaban J connectivity index is 0.00000162. The fourth-order valence-corrected chi connectivity index (χ4v) is 7.55. The number of aromatic nitrogens is 3. The van der Waals surface area contributed by atoms with Gasteiger partial charge >= 0.3 is 0 Å². The van der Waals surface area contributed by atoms with Gasteiger partial charge in [-0.2, -0.15) is 0 Å². The standard InChI is InChI=1S/C42H27N3.2H2/c1-3-12-26(13-4-1)28-18-11-19-29(27-14-5-2-6-15-27)42(28)45-36-24-22-32-30-16-7-9-20-34(30)43-40(32)38(36)39-37(45)25-23-33-31-17-8-10-21-35(31)44-41(33)39;;/h1-25,43-44H;2*1H. The van der Waals surface area contributed by atoms with Gasteiger partial charge in [-0.1, -0.05) is 127 Å². The Labute approximate surface area is 261 Å². The van der Waals surface area contributed by atoms with Crippen LogP contribution in [0.15, 0.2) is 152 Å². The molecule has 0 aliphatic carbocycles. The van der Waals surface area contributed by atoms with Crippen molar-refractivity contribution < 1.29 is 2.85 Å². The smallest absolute Gasteiger partial charge is 0.0618 e. The largest absolute Gasteiger partial charge is 0.354 e. The van der Waals surface area contributed by atoms with Crippen LogP contribution in [-0.2, 0) is 0 Å². The molecule has 0 saturated heterocycles. The number of nitrogens with one attached hydrogen (secondary N) is 2. The van der Waals surface area contributed by atoms with Crippen molar-refractivity contribution in [3.8, 4) is 27.9 Å². The summed E-state index contributed by atoms with van der Waals surface area (Å²) >= 11 is 0. The summed E-state index contributed by atoms with van der Waals surface area (Å²) in [6, 6.07) is 54.7. The molecule has 10 aromatic rings. The number of fused-ring (bicyclic) bond motifs is 11. The van der Waals surface area contributed by atoms with Gasteiger partial charge in [0, 0.05) is 57.3 Å². The van der Waals surface area contributed by atoms with Crippen LogP contribution in [0.5, 0.6) is 0 Å². The Morgan fingerprint density at radius 3 is 1.31 bits per heavy atom. The number of rotatable bonds is 3. The summed E-state index contributed by atoms with van der Waals surface area (Å²) in [5, 5.41) is 7.44. The Bertz CT molecular complexity index is 2570. The maximum absolute atomic E-state index is 3.84. The second-order valence-electron chi connectivity index (χ2n) is 11.9. The normalized spacial score (nSPS) is 12.0. The van der Waals surface area contributed by atoms with E-state index < -0.39 is 0 Å². The van der Waals surface area contributed by atoms with Crippen LogP contribution in [0.25, 0.3) is 93.4 Å². The van der Waals surface area contributed by atoms with Crippen molar-refractivity contribution in [2.45, 2.75) is 0 Å². The third-order valence-electron chi connectivity index (χ3n) is 9.48. The van der Waals surface area contributed by atoms with Gasteiger partial charge in [-0.05, 0) is 35.4 Å². The fourth-order valence-electron chi connectivity index (χ4n) is 7.55. The van der Waals surface area contributed by atoms with Gasteiger partial charge in [-0.3, -0.25) is 0 Å². The van der Waals surface area contributed by atoms with Crippen molar-refractivity contribution >= 4 is 65.4 Å². The molecular formula is C42H31N3. The average Bonchev–Trinajstić information content (AvgIpc) is 3.78. The molecule has 3 aromatic heterocycles. The lowest BCUT2D eigenvalue weighted by Crippen LogP contribution is -2.00. The van der Waals surface area contributed by atoms with Gasteiger partial charge in [0.15, 0.2) is 0 Å². The number of H-pyrrole nitrogens is 2. The molecule has 0 amide bonds. The minimum absolute atomic E-state index is 0. The molecule has 45 heavy (non-hydrogen) atoms. The maximum Gasteiger partial charge on any atom is 0.0618 e. The van der Waals surface area contributed by atoms with Crippen molar-refractivity contribution in [3.63, 3.8) is 0 Å². The molecule has 3 heterocycles. The third-order valence-corrected chi connectivity index (χ3v) is 9.48. The molecule has 3 heteroatoms. The zero-order valence-electron chi connectivity index (χ0n) is 24.4. The van der Waals surface area contributed by atoms with E-state index >= 15 is 0 Å². The first-order valence-electron chi connectivity index (χ1n) is 15.5. The summed E-state index contributed by atoms with van der Waals surface area (Å²) < 4.78 is 2.51. The van der Waals surface area contributed by atoms with Crippen molar-refractivity contribution in [1.29, 1.82) is 0 Å². The molecule has 0 aliphatic rings. The molecule has 0 bridgehead atoms. The highest BCUT2D eigenvalue weighted by Crippen LogP contribution is 2.46. The Morgan fingerprint density at radius 2 is 0.822 bits per heavy atom. The average molecular weight is 578 g/mol. The molecule has 0 spiro atoms. The lowest BCUT2D eigenvalue weighted by atomic mass is 9.95. The molecule has 0 aliphatic heterocycles. The van der Waals surface area contributed by atoms with Crippen LogP contribution < -0.4 is 0 Å². The summed E-state index contributed by atoms with van der Waals surface area (Å²) in [5.41, 5.74) is 13.0. The van der Waals surface area contributed by atoms with Gasteiger partial charge in [-0.15, -0.1) is 0 Å². The topological polar surface area (TPSA) is 36.5 Å². The van der Waals surface area contributed by atoms with Gasteiger partial charge in [0.2, 0.25) is 0 Å². The lowest BCUT2D eigenvalue weighted by Gasteiger charge is -2.19. The summed E-state index contributed by atoms with van der Waals surface area (Å²) in [6.45, 7) is 0. The lowest BCUT2D eigenvalue weighted by molar-refractivity contribution is 1.18. The van der Waals surface area contributed by atoms with E-state index in [-0.39, 0.29) is 2.85 Å². The van der Waals surface area contributed by atoms with E-state index in [1.54, 1.807) is 0 Å². The first-order chi connectivity index (χ1) is 22.3. The van der Waals surface area contributed by atoms with Gasteiger partial charge in [0.25, 0.3) is 0 Å². The minimum atomic E-state index is 0. The minimum Gasteiger partial charge on any atom is -0.354 e. The van der Waals surface area contributed by atoms with E-state index in [1.807, 2.05) is 0 Å². The molecule has 0 atom stereocenters. The highest BCUT2D eigenvalue weighted by Gasteiger charge is 2.24. The molecular weight excluding hydrogens is 546 g/mol. The van der Waals surface area contributed by atoms with Crippen LogP contribution in [0.1, 0.15) is 2.85 Å². The highest BCUT2D eigenvalue weighted by atomic mass is 15.0. The summed E-state index contributed by atoms with van der Waals surface area (Å²) in [5.74, 6) is 0. The van der Waals surface area contributed by atoms with Crippen molar-refractivity contribution in [2.75, 3.05) is 0 Å². The van der Waals surface area contributed by atoms with Gasteiger partial charge in [0.05, 0.1) is 27.8 Å². The van der Waals surface area contributed by atoms with Crippen molar-refractivity contribution in [3.05, 3.63) is 152 Å². The second-order valence-corrected chi connectivity index (χ2v) is 11.9.